The molecular formula is C18H27N3O4S. The first kappa shape index (κ1) is 19.2. The van der Waals surface area contributed by atoms with Crippen LogP contribution in [0.4, 0.5) is 0 Å². The third-order valence-electron chi connectivity index (χ3n) is 5.66. The molecule has 3 fully saturated rings. The number of nitrogens with one attached hydrogen (secondary N) is 3. The molecule has 2 atom stereocenters. The molecule has 3 amide bonds. The van der Waals surface area contributed by atoms with Crippen LogP contribution >= 0.6 is 12.6 Å². The van der Waals surface area contributed by atoms with Crippen molar-refractivity contribution in [1.29, 1.82) is 0 Å². The van der Waals surface area contributed by atoms with Crippen LogP contribution < -0.4 is 16.0 Å². The summed E-state index contributed by atoms with van der Waals surface area (Å²) in [5, 5.41) is 8.36. The van der Waals surface area contributed by atoms with Gasteiger partial charge in [-0.2, -0.15) is 12.6 Å². The van der Waals surface area contributed by atoms with E-state index >= 15 is 0 Å². The molecule has 2 saturated carbocycles. The van der Waals surface area contributed by atoms with Crippen LogP contribution in [0.1, 0.15) is 57.8 Å². The maximum atomic E-state index is 12.5. The van der Waals surface area contributed by atoms with Gasteiger partial charge in [0, 0.05) is 17.5 Å². The van der Waals surface area contributed by atoms with Crippen LogP contribution in [-0.4, -0.2) is 46.9 Å². The van der Waals surface area contributed by atoms with Gasteiger partial charge in [-0.25, -0.2) is 0 Å². The summed E-state index contributed by atoms with van der Waals surface area (Å²) >= 11 is 3.92. The molecule has 1 saturated heterocycles. The monoisotopic (exact) mass is 381 g/mol. The quantitative estimate of drug-likeness (QED) is 0.380. The highest BCUT2D eigenvalue weighted by Crippen LogP contribution is 2.39. The largest absolute Gasteiger partial charge is 0.350 e. The van der Waals surface area contributed by atoms with Gasteiger partial charge in [-0.3, -0.25) is 19.2 Å². The molecule has 3 N–H and O–H groups in total. The second-order valence-corrected chi connectivity index (χ2v) is 8.17. The van der Waals surface area contributed by atoms with Gasteiger partial charge in [-0.05, 0) is 38.5 Å². The van der Waals surface area contributed by atoms with Crippen LogP contribution in [0.15, 0.2) is 0 Å². The average Bonchev–Trinajstić information content (AvgIpc) is 3.39. The van der Waals surface area contributed by atoms with Gasteiger partial charge in [0.25, 0.3) is 5.91 Å². The van der Waals surface area contributed by atoms with E-state index in [9.17, 15) is 19.2 Å². The minimum atomic E-state index is -0.983. The lowest BCUT2D eigenvalue weighted by molar-refractivity contribution is -0.140. The van der Waals surface area contributed by atoms with Gasteiger partial charge in [0.15, 0.2) is 0 Å². The number of Topliss-reactive ketones (excluding diaryl/α,β-unsaturated/α-hetero) is 1. The molecule has 0 radical (unpaired) electrons. The van der Waals surface area contributed by atoms with E-state index in [-0.39, 0.29) is 35.6 Å². The van der Waals surface area contributed by atoms with Crippen molar-refractivity contribution in [3.05, 3.63) is 0 Å². The zero-order chi connectivity index (χ0) is 18.7. The highest BCUT2D eigenvalue weighted by Gasteiger charge is 2.46. The number of hydrogen-bond acceptors (Lipinski definition) is 5. The van der Waals surface area contributed by atoms with Crippen molar-refractivity contribution < 1.29 is 19.2 Å². The summed E-state index contributed by atoms with van der Waals surface area (Å²) in [6.45, 7) is 0. The predicted octanol–water partition coefficient (Wildman–Crippen LogP) is 0.478. The molecule has 2 aliphatic carbocycles. The van der Waals surface area contributed by atoms with Crippen molar-refractivity contribution in [2.45, 2.75) is 75.4 Å². The van der Waals surface area contributed by atoms with Crippen molar-refractivity contribution in [3.8, 4) is 0 Å². The van der Waals surface area contributed by atoms with Crippen molar-refractivity contribution in [2.75, 3.05) is 5.75 Å². The Balaban J connectivity index is 1.66. The van der Waals surface area contributed by atoms with E-state index in [1.165, 1.54) is 6.42 Å². The Morgan fingerprint density at radius 3 is 2.50 bits per heavy atom. The molecule has 144 valence electrons. The number of hydrogen-bond donors (Lipinski definition) is 4. The van der Waals surface area contributed by atoms with E-state index in [0.29, 0.717) is 6.42 Å². The third kappa shape index (κ3) is 4.58. The molecule has 8 heteroatoms. The summed E-state index contributed by atoms with van der Waals surface area (Å²) in [7, 11) is 0. The molecule has 0 aromatic heterocycles. The highest BCUT2D eigenvalue weighted by molar-refractivity contribution is 7.81. The maximum absolute atomic E-state index is 12.5. The van der Waals surface area contributed by atoms with Crippen LogP contribution in [0.3, 0.4) is 0 Å². The van der Waals surface area contributed by atoms with Gasteiger partial charge < -0.3 is 16.0 Å². The summed E-state index contributed by atoms with van der Waals surface area (Å²) in [4.78, 5) is 48.9. The summed E-state index contributed by atoms with van der Waals surface area (Å²) in [6, 6.07) is -0.921. The second-order valence-electron chi connectivity index (χ2n) is 7.86. The highest BCUT2D eigenvalue weighted by atomic mass is 32.1. The van der Waals surface area contributed by atoms with E-state index in [4.69, 9.17) is 0 Å². The molecule has 1 aliphatic heterocycles. The lowest BCUT2D eigenvalue weighted by Gasteiger charge is -2.33. The molecule has 7 nitrogen and oxygen atoms in total. The van der Waals surface area contributed by atoms with E-state index < -0.39 is 23.6 Å². The minimum Gasteiger partial charge on any atom is -0.350 e. The fourth-order valence-electron chi connectivity index (χ4n) is 4.13. The lowest BCUT2D eigenvalue weighted by Crippen LogP contribution is -2.49. The average molecular weight is 381 g/mol. The van der Waals surface area contributed by atoms with Gasteiger partial charge in [0.05, 0.1) is 11.8 Å². The Labute approximate surface area is 158 Å². The minimum absolute atomic E-state index is 0.0629. The molecule has 0 bridgehead atoms. The SMILES string of the molecule is O=C(CS)NC(CC1CC2(CCCCC2)NC1=O)C(=O)C(=O)NC1CC1. The summed E-state index contributed by atoms with van der Waals surface area (Å²) in [5.74, 6) is -2.29. The molecule has 3 aliphatic rings. The van der Waals surface area contributed by atoms with Crippen LogP contribution in [0.25, 0.3) is 0 Å². The summed E-state index contributed by atoms with van der Waals surface area (Å²) in [5.41, 5.74) is -0.169. The van der Waals surface area contributed by atoms with Crippen LogP contribution in [-0.2, 0) is 19.2 Å². The molecule has 3 rings (SSSR count). The van der Waals surface area contributed by atoms with Gasteiger partial charge in [0.2, 0.25) is 17.6 Å². The number of thiol groups is 1. The molecule has 2 unspecified atom stereocenters. The second kappa shape index (κ2) is 7.98. The Kier molecular flexibility index (Phi) is 5.89. The summed E-state index contributed by atoms with van der Waals surface area (Å²) < 4.78 is 0. The number of rotatable bonds is 7. The molecule has 26 heavy (non-hydrogen) atoms. The molecule has 1 heterocycles. The van der Waals surface area contributed by atoms with Crippen molar-refractivity contribution in [3.63, 3.8) is 0 Å². The Hall–Kier alpha value is -1.57. The van der Waals surface area contributed by atoms with E-state index in [1.54, 1.807) is 0 Å². The van der Waals surface area contributed by atoms with Crippen LogP contribution in [0, 0.1) is 5.92 Å². The first-order chi connectivity index (χ1) is 12.4. The first-order valence-corrected chi connectivity index (χ1v) is 10.1. The van der Waals surface area contributed by atoms with Crippen molar-refractivity contribution >= 4 is 36.1 Å². The fourth-order valence-corrected chi connectivity index (χ4v) is 4.22. The molecule has 1 spiro atoms. The van der Waals surface area contributed by atoms with Crippen molar-refractivity contribution in [2.24, 2.45) is 5.92 Å². The number of carbonyl (C=O) groups excluding carboxylic acids is 4. The van der Waals surface area contributed by atoms with Crippen LogP contribution in [0.5, 0.6) is 0 Å². The van der Waals surface area contributed by atoms with Gasteiger partial charge >= 0.3 is 0 Å². The first-order valence-electron chi connectivity index (χ1n) is 9.49. The summed E-state index contributed by atoms with van der Waals surface area (Å²) in [6.07, 6.45) is 7.85. The smallest absolute Gasteiger partial charge is 0.289 e. The zero-order valence-electron chi connectivity index (χ0n) is 14.9. The van der Waals surface area contributed by atoms with E-state index in [1.807, 2.05) is 0 Å². The maximum Gasteiger partial charge on any atom is 0.289 e. The number of amides is 3. The Morgan fingerprint density at radius 2 is 1.88 bits per heavy atom. The van der Waals surface area contributed by atoms with Gasteiger partial charge in [0.1, 0.15) is 0 Å². The van der Waals surface area contributed by atoms with E-state index in [0.717, 1.165) is 38.5 Å². The number of carbonyl (C=O) groups is 4. The standard InChI is InChI=1S/C18H27N3O4S/c22-14(10-26)20-13(15(23)17(25)19-12-4-5-12)8-11-9-18(21-16(11)24)6-2-1-3-7-18/h11-13,26H,1-10H2,(H,19,25)(H,20,22)(H,21,24). The molecular weight excluding hydrogens is 354 g/mol. The lowest BCUT2D eigenvalue weighted by atomic mass is 9.78. The van der Waals surface area contributed by atoms with Crippen molar-refractivity contribution in [1.82, 2.24) is 16.0 Å². The fraction of sp³-hybridized carbons (Fsp3) is 0.778. The van der Waals surface area contributed by atoms with Crippen LogP contribution in [0.2, 0.25) is 0 Å². The third-order valence-corrected chi connectivity index (χ3v) is 5.95. The molecule has 0 aromatic rings. The van der Waals surface area contributed by atoms with E-state index in [2.05, 4.69) is 28.6 Å². The molecule has 0 aromatic carbocycles. The Bertz CT molecular complexity index is 599. The van der Waals surface area contributed by atoms with Gasteiger partial charge in [-0.15, -0.1) is 0 Å². The van der Waals surface area contributed by atoms with Gasteiger partial charge in [-0.1, -0.05) is 19.3 Å². The zero-order valence-corrected chi connectivity index (χ0v) is 15.8. The predicted molar refractivity (Wildman–Crippen MR) is 98.6 cm³/mol. The normalized spacial score (nSPS) is 25.4. The topological polar surface area (TPSA) is 104 Å². The number of ketones is 1. The Morgan fingerprint density at radius 1 is 1.19 bits per heavy atom.